The largest absolute Gasteiger partial charge is 0.483 e. The number of benzene rings is 1. The van der Waals surface area contributed by atoms with Gasteiger partial charge in [0.1, 0.15) is 0 Å². The number of hydrogen-bond acceptors (Lipinski definition) is 6. The Balaban J connectivity index is -0.000000409. The summed E-state index contributed by atoms with van der Waals surface area (Å²) in [4.78, 5) is 30.9. The fourth-order valence-electron chi connectivity index (χ4n) is 2.52. The van der Waals surface area contributed by atoms with E-state index in [0.29, 0.717) is 12.8 Å². The van der Waals surface area contributed by atoms with Crippen LogP contribution in [0.4, 0.5) is 17.1 Å². The minimum atomic E-state index is -0.250. The molecule has 0 fully saturated rings. The molecule has 1 rings (SSSR count). The van der Waals surface area contributed by atoms with Crippen molar-refractivity contribution in [2.45, 2.75) is 65.7 Å². The van der Waals surface area contributed by atoms with Crippen LogP contribution in [0.3, 0.4) is 0 Å². The molecule has 184 valence electrons. The van der Waals surface area contributed by atoms with Crippen molar-refractivity contribution in [2.24, 2.45) is 4.99 Å². The number of nitrogens with one attached hydrogen (secondary N) is 3. The van der Waals surface area contributed by atoms with Crippen molar-refractivity contribution in [2.75, 3.05) is 37.0 Å². The van der Waals surface area contributed by atoms with E-state index in [4.69, 9.17) is 20.4 Å². The molecule has 32 heavy (non-hydrogen) atoms. The maximum absolute atomic E-state index is 10.8. The SMILES string of the molecule is C=NC=O.CCCCCCCCC(=O)NC.CCNc1cc(NC)c(N)cc1C.O=CO. The topological polar surface area (TPSA) is 146 Å². The highest BCUT2D eigenvalue weighted by Crippen LogP contribution is 2.26. The van der Waals surface area contributed by atoms with Gasteiger partial charge in [-0.15, -0.1) is 0 Å². The first-order valence-electron chi connectivity index (χ1n) is 10.8. The molecule has 0 aliphatic rings. The number of nitrogen functional groups attached to an aromatic ring is 1. The Bertz CT molecular complexity index is 619. The fourth-order valence-corrected chi connectivity index (χ4v) is 2.52. The van der Waals surface area contributed by atoms with E-state index in [0.717, 1.165) is 30.0 Å². The van der Waals surface area contributed by atoms with Gasteiger partial charge in [-0.05, 0) is 44.7 Å². The molecule has 2 amide bonds. The molecule has 6 N–H and O–H groups in total. The molecule has 0 aliphatic heterocycles. The monoisotopic (exact) mass is 453 g/mol. The number of unbranched alkanes of at least 4 members (excludes halogenated alkanes) is 5. The van der Waals surface area contributed by atoms with Gasteiger partial charge in [0, 0.05) is 32.7 Å². The van der Waals surface area contributed by atoms with Gasteiger partial charge < -0.3 is 26.8 Å². The molecule has 0 bridgehead atoms. The maximum Gasteiger partial charge on any atom is 0.290 e. The van der Waals surface area contributed by atoms with E-state index < -0.39 is 0 Å². The Morgan fingerprint density at radius 1 is 1.09 bits per heavy atom. The van der Waals surface area contributed by atoms with Crippen molar-refractivity contribution in [3.05, 3.63) is 17.7 Å². The van der Waals surface area contributed by atoms with Crippen LogP contribution in [0.25, 0.3) is 0 Å². The second-order valence-electron chi connectivity index (χ2n) is 6.62. The first-order chi connectivity index (χ1) is 15.3. The predicted octanol–water partition coefficient (Wildman–Crippen LogP) is 4.08. The van der Waals surface area contributed by atoms with E-state index in [2.05, 4.69) is 41.5 Å². The van der Waals surface area contributed by atoms with Gasteiger partial charge in [-0.1, -0.05) is 39.0 Å². The number of carbonyl (C=O) groups excluding carboxylic acids is 2. The summed E-state index contributed by atoms with van der Waals surface area (Å²) < 4.78 is 0. The van der Waals surface area contributed by atoms with Gasteiger partial charge in [0.05, 0.1) is 11.4 Å². The number of amides is 2. The van der Waals surface area contributed by atoms with Gasteiger partial charge >= 0.3 is 0 Å². The van der Waals surface area contributed by atoms with Crippen molar-refractivity contribution in [3.63, 3.8) is 0 Å². The third-order valence-electron chi connectivity index (χ3n) is 4.14. The lowest BCUT2D eigenvalue weighted by molar-refractivity contribution is -0.123. The summed E-state index contributed by atoms with van der Waals surface area (Å²) in [6.45, 7) is 9.88. The Hall–Kier alpha value is -3.10. The highest BCUT2D eigenvalue weighted by Gasteiger charge is 2.02. The lowest BCUT2D eigenvalue weighted by Crippen LogP contribution is -2.16. The number of aliphatic imine (C=N–C) groups is 1. The number of carboxylic acid groups (broad SMARTS) is 1. The molecular weight excluding hydrogens is 410 g/mol. The average molecular weight is 454 g/mol. The number of nitrogens with zero attached hydrogens (tertiary/aromatic N) is 1. The fraction of sp³-hybridized carbons (Fsp3) is 0.565. The standard InChI is InChI=1S/C10H17N3.C10H21NO.C2H3NO.CH2O2/c1-4-13-9-6-10(12-3)8(11)5-7(9)2;1-3-4-5-6-7-8-9-10(12)11-2;1-3-2-4;2-1-3/h5-6,12-13H,4,11H2,1-3H3;3-9H2,1-2H3,(H,11,12);2H,1H2;1H,(H,2,3). The van der Waals surface area contributed by atoms with Gasteiger partial charge in [-0.2, -0.15) is 0 Å². The molecule has 0 saturated carbocycles. The molecule has 0 spiro atoms. The molecule has 0 atom stereocenters. The zero-order valence-corrected chi connectivity index (χ0v) is 20.4. The Labute approximate surface area is 193 Å². The average Bonchev–Trinajstić information content (AvgIpc) is 2.79. The normalized spacial score (nSPS) is 8.66. The lowest BCUT2D eigenvalue weighted by atomic mass is 10.1. The molecular formula is C23H43N5O4. The van der Waals surface area contributed by atoms with E-state index in [1.54, 1.807) is 7.05 Å². The minimum absolute atomic E-state index is 0.172. The van der Waals surface area contributed by atoms with Crippen molar-refractivity contribution in [3.8, 4) is 0 Å². The van der Waals surface area contributed by atoms with Gasteiger partial charge in [-0.25, -0.2) is 4.99 Å². The molecule has 1 aromatic carbocycles. The lowest BCUT2D eigenvalue weighted by Gasteiger charge is -2.12. The van der Waals surface area contributed by atoms with Crippen LogP contribution in [0.15, 0.2) is 17.1 Å². The third-order valence-corrected chi connectivity index (χ3v) is 4.14. The van der Waals surface area contributed by atoms with Crippen molar-refractivity contribution >= 4 is 42.6 Å². The Kier molecular flexibility index (Phi) is 27.2. The van der Waals surface area contributed by atoms with Gasteiger partial charge in [0.2, 0.25) is 12.3 Å². The molecule has 9 heteroatoms. The van der Waals surface area contributed by atoms with Crippen molar-refractivity contribution in [1.82, 2.24) is 5.32 Å². The second kappa shape index (κ2) is 25.9. The smallest absolute Gasteiger partial charge is 0.290 e. The molecule has 1 aromatic rings. The van der Waals surface area contributed by atoms with Crippen LogP contribution in [0.5, 0.6) is 0 Å². The van der Waals surface area contributed by atoms with E-state index in [1.807, 2.05) is 26.1 Å². The summed E-state index contributed by atoms with van der Waals surface area (Å²) in [5.74, 6) is 0.172. The molecule has 0 unspecified atom stereocenters. The summed E-state index contributed by atoms with van der Waals surface area (Å²) >= 11 is 0. The third kappa shape index (κ3) is 21.6. The highest BCUT2D eigenvalue weighted by atomic mass is 16.3. The molecule has 9 nitrogen and oxygen atoms in total. The van der Waals surface area contributed by atoms with Crippen LogP contribution in [0.2, 0.25) is 0 Å². The number of carbonyl (C=O) groups is 3. The van der Waals surface area contributed by atoms with Crippen LogP contribution < -0.4 is 21.7 Å². The zero-order chi connectivity index (χ0) is 25.2. The summed E-state index contributed by atoms with van der Waals surface area (Å²) in [5.41, 5.74) is 9.89. The van der Waals surface area contributed by atoms with Gasteiger partial charge in [0.25, 0.3) is 6.47 Å². The highest BCUT2D eigenvalue weighted by molar-refractivity contribution is 5.75. The van der Waals surface area contributed by atoms with Crippen molar-refractivity contribution in [1.29, 1.82) is 0 Å². The first-order valence-corrected chi connectivity index (χ1v) is 10.8. The van der Waals surface area contributed by atoms with Gasteiger partial charge in [0.15, 0.2) is 0 Å². The van der Waals surface area contributed by atoms with E-state index in [9.17, 15) is 4.79 Å². The van der Waals surface area contributed by atoms with E-state index in [-0.39, 0.29) is 12.4 Å². The molecule has 0 radical (unpaired) electrons. The summed E-state index contributed by atoms with van der Waals surface area (Å²) in [6.07, 6.45) is 8.56. The molecule has 0 heterocycles. The number of rotatable bonds is 11. The van der Waals surface area contributed by atoms with Crippen LogP contribution in [0.1, 0.15) is 64.4 Å². The summed E-state index contributed by atoms with van der Waals surface area (Å²) in [6, 6.07) is 4.01. The summed E-state index contributed by atoms with van der Waals surface area (Å²) in [7, 11) is 3.57. The minimum Gasteiger partial charge on any atom is -0.483 e. The molecule has 0 aromatic heterocycles. The Morgan fingerprint density at radius 2 is 1.62 bits per heavy atom. The van der Waals surface area contributed by atoms with Gasteiger partial charge in [-0.3, -0.25) is 14.4 Å². The predicted molar refractivity (Wildman–Crippen MR) is 136 cm³/mol. The first kappa shape index (κ1) is 33.5. The second-order valence-corrected chi connectivity index (χ2v) is 6.62. The quantitative estimate of drug-likeness (QED) is 0.147. The number of anilines is 3. The number of aryl methyl sites for hydroxylation is 1. The van der Waals surface area contributed by atoms with Crippen molar-refractivity contribution < 1.29 is 19.5 Å². The summed E-state index contributed by atoms with van der Waals surface area (Å²) in [5, 5.41) is 15.9. The van der Waals surface area contributed by atoms with Crippen LogP contribution in [0, 0.1) is 6.92 Å². The van der Waals surface area contributed by atoms with Crippen LogP contribution in [-0.2, 0) is 14.4 Å². The van der Waals surface area contributed by atoms with Crippen LogP contribution in [-0.4, -0.2) is 51.3 Å². The Morgan fingerprint density at radius 3 is 2.06 bits per heavy atom. The number of hydrogen-bond donors (Lipinski definition) is 5. The molecule has 0 saturated heterocycles. The zero-order valence-electron chi connectivity index (χ0n) is 20.4. The molecule has 0 aliphatic carbocycles. The number of nitrogens with two attached hydrogens (primary N) is 1. The van der Waals surface area contributed by atoms with E-state index >= 15 is 0 Å². The van der Waals surface area contributed by atoms with Crippen LogP contribution >= 0.6 is 0 Å². The maximum atomic E-state index is 10.8. The van der Waals surface area contributed by atoms with E-state index in [1.165, 1.54) is 37.7 Å².